The summed E-state index contributed by atoms with van der Waals surface area (Å²) in [6, 6.07) is 4.61. The van der Waals surface area contributed by atoms with Crippen LogP contribution in [0.1, 0.15) is 5.76 Å². The molecule has 0 aliphatic rings. The van der Waals surface area contributed by atoms with E-state index in [4.69, 9.17) is 16.1 Å². The molecule has 20 heavy (non-hydrogen) atoms. The summed E-state index contributed by atoms with van der Waals surface area (Å²) in [6.45, 7) is 1.58. The fourth-order valence-electron chi connectivity index (χ4n) is 1.47. The lowest BCUT2D eigenvalue weighted by atomic mass is 10.3. The zero-order valence-corrected chi connectivity index (χ0v) is 11.6. The maximum absolute atomic E-state index is 12.1. The lowest BCUT2D eigenvalue weighted by Gasteiger charge is -2.05. The molecule has 1 heterocycles. The lowest BCUT2D eigenvalue weighted by Crippen LogP contribution is -2.14. The van der Waals surface area contributed by atoms with Gasteiger partial charge in [-0.3, -0.25) is 14.8 Å². The number of halogens is 1. The molecule has 0 bridgehead atoms. The molecule has 10 heteroatoms. The molecule has 0 saturated heterocycles. The second-order valence-electron chi connectivity index (χ2n) is 3.80. The van der Waals surface area contributed by atoms with Crippen LogP contribution < -0.4 is 4.72 Å². The third-order valence-corrected chi connectivity index (χ3v) is 3.91. The Kier molecular flexibility index (Phi) is 3.64. The molecule has 0 spiro atoms. The van der Waals surface area contributed by atoms with Gasteiger partial charge < -0.3 is 4.52 Å². The van der Waals surface area contributed by atoms with Crippen LogP contribution in [-0.4, -0.2) is 18.5 Å². The molecule has 2 rings (SSSR count). The molecule has 1 N–H and O–H groups in total. The zero-order valence-electron chi connectivity index (χ0n) is 10.0. The first-order valence-electron chi connectivity index (χ1n) is 5.20. The zero-order chi connectivity index (χ0) is 14.9. The number of aromatic nitrogens is 1. The highest BCUT2D eigenvalue weighted by Gasteiger charge is 2.26. The highest BCUT2D eigenvalue weighted by atomic mass is 35.5. The second kappa shape index (κ2) is 5.10. The largest absolute Gasteiger partial charge is 0.360 e. The molecular weight excluding hydrogens is 310 g/mol. The fraction of sp³-hybridized carbons (Fsp3) is 0.100. The SMILES string of the molecule is Cc1cc(NS(=O)(=O)c2ccc(Cl)cc2[N+](=O)[O-])no1. The molecule has 0 radical (unpaired) electrons. The van der Waals surface area contributed by atoms with Crippen LogP contribution in [-0.2, 0) is 10.0 Å². The van der Waals surface area contributed by atoms with Crippen molar-refractivity contribution < 1.29 is 17.9 Å². The van der Waals surface area contributed by atoms with Crippen molar-refractivity contribution >= 4 is 33.1 Å². The van der Waals surface area contributed by atoms with Gasteiger partial charge in [-0.25, -0.2) is 8.42 Å². The van der Waals surface area contributed by atoms with E-state index in [2.05, 4.69) is 9.88 Å². The molecule has 2 aromatic rings. The number of hydrogen-bond donors (Lipinski definition) is 1. The fourth-order valence-corrected chi connectivity index (χ4v) is 2.77. The molecule has 0 fully saturated rings. The van der Waals surface area contributed by atoms with Gasteiger partial charge in [0, 0.05) is 17.2 Å². The number of nitrogens with zero attached hydrogens (tertiary/aromatic N) is 2. The van der Waals surface area contributed by atoms with Crippen molar-refractivity contribution in [2.24, 2.45) is 0 Å². The summed E-state index contributed by atoms with van der Waals surface area (Å²) in [5.41, 5.74) is -0.620. The van der Waals surface area contributed by atoms with Gasteiger partial charge in [-0.2, -0.15) is 0 Å². The normalized spacial score (nSPS) is 11.3. The van der Waals surface area contributed by atoms with E-state index >= 15 is 0 Å². The van der Waals surface area contributed by atoms with Gasteiger partial charge in [0.15, 0.2) is 10.7 Å². The first-order valence-corrected chi connectivity index (χ1v) is 7.06. The Morgan fingerprint density at radius 2 is 2.10 bits per heavy atom. The van der Waals surface area contributed by atoms with Crippen LogP contribution in [0.5, 0.6) is 0 Å². The third kappa shape index (κ3) is 2.89. The summed E-state index contributed by atoms with van der Waals surface area (Å²) in [4.78, 5) is 9.57. The van der Waals surface area contributed by atoms with Gasteiger partial charge in [-0.15, -0.1) is 0 Å². The quantitative estimate of drug-likeness (QED) is 0.683. The second-order valence-corrected chi connectivity index (χ2v) is 5.88. The predicted octanol–water partition coefficient (Wildman–Crippen LogP) is 2.35. The summed E-state index contributed by atoms with van der Waals surface area (Å²) in [7, 11) is -4.17. The minimum Gasteiger partial charge on any atom is -0.360 e. The number of nitro groups is 1. The summed E-state index contributed by atoms with van der Waals surface area (Å²) in [5.74, 6) is 0.333. The highest BCUT2D eigenvalue weighted by Crippen LogP contribution is 2.28. The molecule has 8 nitrogen and oxygen atoms in total. The van der Waals surface area contributed by atoms with Gasteiger partial charge >= 0.3 is 0 Å². The number of nitrogens with one attached hydrogen (secondary N) is 1. The summed E-state index contributed by atoms with van der Waals surface area (Å²) >= 11 is 5.63. The number of sulfonamides is 1. The molecule has 0 aliphatic heterocycles. The minimum atomic E-state index is -4.17. The number of anilines is 1. The molecule has 0 unspecified atom stereocenters. The van der Waals surface area contributed by atoms with Crippen LogP contribution in [0.2, 0.25) is 5.02 Å². The molecule has 106 valence electrons. The Morgan fingerprint density at radius 3 is 2.65 bits per heavy atom. The van der Waals surface area contributed by atoms with E-state index in [0.29, 0.717) is 5.76 Å². The number of nitro benzene ring substituents is 1. The van der Waals surface area contributed by atoms with Crippen molar-refractivity contribution in [3.63, 3.8) is 0 Å². The first-order chi connectivity index (χ1) is 9.29. The Morgan fingerprint density at radius 1 is 1.40 bits per heavy atom. The predicted molar refractivity (Wildman–Crippen MR) is 70.2 cm³/mol. The van der Waals surface area contributed by atoms with Gasteiger partial charge in [-0.05, 0) is 19.1 Å². The smallest absolute Gasteiger partial charge is 0.291 e. The molecule has 0 aliphatic carbocycles. The van der Waals surface area contributed by atoms with Crippen molar-refractivity contribution in [3.8, 4) is 0 Å². The number of rotatable bonds is 4. The van der Waals surface area contributed by atoms with Gasteiger partial charge in [0.1, 0.15) is 5.76 Å². The Hall–Kier alpha value is -2.13. The van der Waals surface area contributed by atoms with Crippen LogP contribution in [0.25, 0.3) is 0 Å². The molecule has 0 saturated carbocycles. The molecule has 1 aromatic carbocycles. The van der Waals surface area contributed by atoms with Crippen LogP contribution in [0.3, 0.4) is 0 Å². The van der Waals surface area contributed by atoms with Gasteiger partial charge in [0.05, 0.1) is 4.92 Å². The van der Waals surface area contributed by atoms with Crippen LogP contribution in [0.4, 0.5) is 11.5 Å². The van der Waals surface area contributed by atoms with E-state index in [-0.39, 0.29) is 10.8 Å². The van der Waals surface area contributed by atoms with Crippen LogP contribution in [0, 0.1) is 17.0 Å². The number of aryl methyl sites for hydroxylation is 1. The van der Waals surface area contributed by atoms with E-state index in [0.717, 1.165) is 12.1 Å². The molecule has 0 atom stereocenters. The van der Waals surface area contributed by atoms with E-state index in [9.17, 15) is 18.5 Å². The maximum Gasteiger partial charge on any atom is 0.291 e. The average Bonchev–Trinajstić information content (AvgIpc) is 2.73. The van der Waals surface area contributed by atoms with E-state index in [1.54, 1.807) is 6.92 Å². The topological polar surface area (TPSA) is 115 Å². The third-order valence-electron chi connectivity index (χ3n) is 2.27. The summed E-state index contributed by atoms with van der Waals surface area (Å²) in [5, 5.41) is 14.4. The Labute approximate surface area is 118 Å². The van der Waals surface area contributed by atoms with Crippen LogP contribution in [0.15, 0.2) is 33.7 Å². The Bertz CT molecular complexity index is 771. The summed E-state index contributed by atoms with van der Waals surface area (Å²) in [6.07, 6.45) is 0. The van der Waals surface area contributed by atoms with E-state index < -0.39 is 25.5 Å². The Balaban J connectivity index is 2.46. The highest BCUT2D eigenvalue weighted by molar-refractivity contribution is 7.92. The molecule has 1 aromatic heterocycles. The number of hydrogen-bond acceptors (Lipinski definition) is 6. The molecule has 0 amide bonds. The van der Waals surface area contributed by atoms with Gasteiger partial charge in [-0.1, -0.05) is 16.8 Å². The van der Waals surface area contributed by atoms with Crippen molar-refractivity contribution in [3.05, 3.63) is 45.2 Å². The van der Waals surface area contributed by atoms with Gasteiger partial charge in [0.25, 0.3) is 15.7 Å². The van der Waals surface area contributed by atoms with Crippen molar-refractivity contribution in [1.29, 1.82) is 0 Å². The van der Waals surface area contributed by atoms with Crippen LogP contribution >= 0.6 is 11.6 Å². The summed E-state index contributed by atoms with van der Waals surface area (Å²) < 4.78 is 31.0. The monoisotopic (exact) mass is 317 g/mol. The minimum absolute atomic E-state index is 0.0629. The lowest BCUT2D eigenvalue weighted by molar-refractivity contribution is -0.387. The van der Waals surface area contributed by atoms with Crippen molar-refractivity contribution in [1.82, 2.24) is 5.16 Å². The van der Waals surface area contributed by atoms with E-state index in [1.165, 1.54) is 12.1 Å². The van der Waals surface area contributed by atoms with Crippen molar-refractivity contribution in [2.75, 3.05) is 4.72 Å². The number of benzene rings is 1. The van der Waals surface area contributed by atoms with Gasteiger partial charge in [0.2, 0.25) is 0 Å². The maximum atomic E-state index is 12.1. The average molecular weight is 318 g/mol. The standard InChI is InChI=1S/C10H8ClN3O5S/c1-6-4-10(12-19-6)13-20(17,18)9-3-2-7(11)5-8(9)14(15)16/h2-5H,1H3,(H,12,13). The first kappa shape index (κ1) is 14.3. The van der Waals surface area contributed by atoms with Crippen molar-refractivity contribution in [2.45, 2.75) is 11.8 Å². The van der Waals surface area contributed by atoms with E-state index in [1.807, 2.05) is 0 Å². The molecular formula is C10H8ClN3O5S.